The molecule has 3 heterocycles. The lowest BCUT2D eigenvalue weighted by atomic mass is 9.93. The molecule has 0 aliphatic carbocycles. The van der Waals surface area contributed by atoms with E-state index in [1.807, 2.05) is 53.9 Å². The highest BCUT2D eigenvalue weighted by atomic mass is 32.1. The van der Waals surface area contributed by atoms with Gasteiger partial charge in [-0.15, -0.1) is 11.3 Å². The number of nitrogens with zero attached hydrogens (tertiary/aromatic N) is 3. The Kier molecular flexibility index (Phi) is 6.60. The SMILES string of the molecule is O=C(NC(c1ccccc1)c1ccccc1)C1CCN(Cc2nc(-c3cccs3)no2)CC1. The highest BCUT2D eigenvalue weighted by molar-refractivity contribution is 7.13. The Morgan fingerprint density at radius 2 is 1.67 bits per heavy atom. The largest absolute Gasteiger partial charge is 0.345 e. The van der Waals surface area contributed by atoms with E-state index >= 15 is 0 Å². The summed E-state index contributed by atoms with van der Waals surface area (Å²) in [7, 11) is 0. The molecule has 0 spiro atoms. The van der Waals surface area contributed by atoms with Crippen molar-refractivity contribution in [1.29, 1.82) is 0 Å². The van der Waals surface area contributed by atoms with Gasteiger partial charge < -0.3 is 9.84 Å². The molecule has 0 unspecified atom stereocenters. The van der Waals surface area contributed by atoms with E-state index in [1.165, 1.54) is 0 Å². The number of nitrogens with one attached hydrogen (secondary N) is 1. The number of carbonyl (C=O) groups is 1. The molecule has 0 atom stereocenters. The van der Waals surface area contributed by atoms with E-state index in [-0.39, 0.29) is 17.9 Å². The van der Waals surface area contributed by atoms with Crippen LogP contribution in [0.15, 0.2) is 82.7 Å². The van der Waals surface area contributed by atoms with E-state index in [0.29, 0.717) is 18.3 Å². The fraction of sp³-hybridized carbons (Fsp3) is 0.269. The molecule has 1 amide bonds. The van der Waals surface area contributed by atoms with Gasteiger partial charge in [0.15, 0.2) is 0 Å². The van der Waals surface area contributed by atoms with Crippen LogP contribution in [0.3, 0.4) is 0 Å². The summed E-state index contributed by atoms with van der Waals surface area (Å²) >= 11 is 1.60. The minimum Gasteiger partial charge on any atom is -0.345 e. The van der Waals surface area contributed by atoms with E-state index < -0.39 is 0 Å². The minimum atomic E-state index is -0.146. The molecular formula is C26H26N4O2S. The first-order chi connectivity index (χ1) is 16.3. The molecule has 7 heteroatoms. The molecule has 6 nitrogen and oxygen atoms in total. The van der Waals surface area contributed by atoms with Crippen molar-refractivity contribution in [2.75, 3.05) is 13.1 Å². The van der Waals surface area contributed by atoms with E-state index in [0.717, 1.165) is 41.9 Å². The minimum absolute atomic E-state index is 0.000499. The molecule has 5 rings (SSSR count). The summed E-state index contributed by atoms with van der Waals surface area (Å²) in [5.74, 6) is 1.38. The fourth-order valence-electron chi connectivity index (χ4n) is 4.28. The van der Waals surface area contributed by atoms with Gasteiger partial charge in [0.2, 0.25) is 17.6 Å². The van der Waals surface area contributed by atoms with Crippen LogP contribution >= 0.6 is 11.3 Å². The van der Waals surface area contributed by atoms with E-state index in [2.05, 4.69) is 44.6 Å². The summed E-state index contributed by atoms with van der Waals surface area (Å²) in [5, 5.41) is 9.40. The molecule has 4 aromatic rings. The number of carbonyl (C=O) groups excluding carboxylic acids is 1. The number of benzene rings is 2. The lowest BCUT2D eigenvalue weighted by Gasteiger charge is -2.31. The van der Waals surface area contributed by atoms with Gasteiger partial charge >= 0.3 is 0 Å². The van der Waals surface area contributed by atoms with Crippen LogP contribution in [-0.2, 0) is 11.3 Å². The van der Waals surface area contributed by atoms with Crippen LogP contribution in [0.25, 0.3) is 10.7 Å². The Morgan fingerprint density at radius 1 is 1.00 bits per heavy atom. The quantitative estimate of drug-likeness (QED) is 0.426. The molecule has 2 aromatic heterocycles. The predicted molar refractivity (Wildman–Crippen MR) is 128 cm³/mol. The van der Waals surface area contributed by atoms with Crippen LogP contribution in [0.4, 0.5) is 0 Å². The molecule has 0 saturated carbocycles. The van der Waals surface area contributed by atoms with Crippen molar-refractivity contribution in [3.8, 4) is 10.7 Å². The first-order valence-corrected chi connectivity index (χ1v) is 12.1. The summed E-state index contributed by atoms with van der Waals surface area (Å²) in [6.07, 6.45) is 1.63. The smallest absolute Gasteiger partial charge is 0.241 e. The van der Waals surface area contributed by atoms with E-state index in [1.54, 1.807) is 11.3 Å². The number of amides is 1. The monoisotopic (exact) mass is 458 g/mol. The Hall–Kier alpha value is -3.29. The molecule has 0 radical (unpaired) electrons. The molecule has 1 fully saturated rings. The van der Waals surface area contributed by atoms with Crippen LogP contribution in [-0.4, -0.2) is 34.0 Å². The predicted octanol–water partition coefficient (Wildman–Crippen LogP) is 4.92. The first kappa shape index (κ1) is 21.6. The Morgan fingerprint density at radius 3 is 2.27 bits per heavy atom. The Balaban J connectivity index is 1.18. The van der Waals surface area contributed by atoms with E-state index in [9.17, 15) is 4.79 Å². The van der Waals surface area contributed by atoms with Crippen LogP contribution in [0, 0.1) is 5.92 Å². The third kappa shape index (κ3) is 5.21. The number of likely N-dealkylation sites (tertiary alicyclic amines) is 1. The normalized spacial score (nSPS) is 15.1. The van der Waals surface area contributed by atoms with Gasteiger partial charge in [0.25, 0.3) is 0 Å². The van der Waals surface area contributed by atoms with Gasteiger partial charge in [-0.3, -0.25) is 9.69 Å². The lowest BCUT2D eigenvalue weighted by molar-refractivity contribution is -0.127. The number of thiophene rings is 1. The van der Waals surface area contributed by atoms with Crippen LogP contribution in [0.5, 0.6) is 0 Å². The highest BCUT2D eigenvalue weighted by Crippen LogP contribution is 2.26. The van der Waals surface area contributed by atoms with E-state index in [4.69, 9.17) is 4.52 Å². The van der Waals surface area contributed by atoms with Crippen LogP contribution < -0.4 is 5.32 Å². The Bertz CT molecular complexity index is 1110. The molecular weight excluding hydrogens is 432 g/mol. The Labute approximate surface area is 197 Å². The average Bonchev–Trinajstić information content (AvgIpc) is 3.56. The molecule has 1 aliphatic heterocycles. The molecule has 2 aromatic carbocycles. The summed E-state index contributed by atoms with van der Waals surface area (Å²) in [6, 6.07) is 24.1. The van der Waals surface area contributed by atoms with Crippen molar-refractivity contribution in [3.05, 3.63) is 95.2 Å². The van der Waals surface area contributed by atoms with Crippen molar-refractivity contribution >= 4 is 17.2 Å². The van der Waals surface area contributed by atoms with Crippen molar-refractivity contribution in [3.63, 3.8) is 0 Å². The molecule has 168 valence electrons. The summed E-state index contributed by atoms with van der Waals surface area (Å²) in [4.78, 5) is 21.0. The van der Waals surface area contributed by atoms with Gasteiger partial charge in [-0.2, -0.15) is 4.98 Å². The second-order valence-corrected chi connectivity index (χ2v) is 9.25. The molecule has 33 heavy (non-hydrogen) atoms. The zero-order valence-corrected chi connectivity index (χ0v) is 19.1. The lowest BCUT2D eigenvalue weighted by Crippen LogP contribution is -2.41. The van der Waals surface area contributed by atoms with Gasteiger partial charge in [-0.05, 0) is 48.5 Å². The number of rotatable bonds is 7. The van der Waals surface area contributed by atoms with Crippen LogP contribution in [0.1, 0.15) is 35.9 Å². The maximum absolute atomic E-state index is 13.2. The highest BCUT2D eigenvalue weighted by Gasteiger charge is 2.28. The van der Waals surface area contributed by atoms with Crippen molar-refractivity contribution in [1.82, 2.24) is 20.4 Å². The second-order valence-electron chi connectivity index (χ2n) is 8.30. The maximum atomic E-state index is 13.2. The second kappa shape index (κ2) is 10.1. The zero-order valence-electron chi connectivity index (χ0n) is 18.3. The fourth-order valence-corrected chi connectivity index (χ4v) is 4.93. The maximum Gasteiger partial charge on any atom is 0.241 e. The zero-order chi connectivity index (χ0) is 22.5. The van der Waals surface area contributed by atoms with Gasteiger partial charge in [0, 0.05) is 5.92 Å². The average molecular weight is 459 g/mol. The molecule has 1 N–H and O–H groups in total. The number of hydrogen-bond donors (Lipinski definition) is 1. The third-order valence-corrected chi connectivity index (χ3v) is 6.95. The van der Waals surface area contributed by atoms with Gasteiger partial charge in [0.05, 0.1) is 17.5 Å². The molecule has 1 aliphatic rings. The van der Waals surface area contributed by atoms with Crippen molar-refractivity contribution in [2.45, 2.75) is 25.4 Å². The number of piperidine rings is 1. The van der Waals surface area contributed by atoms with Gasteiger partial charge in [0.1, 0.15) is 0 Å². The number of aromatic nitrogens is 2. The summed E-state index contributed by atoms with van der Waals surface area (Å²) < 4.78 is 5.44. The van der Waals surface area contributed by atoms with Gasteiger partial charge in [-0.25, -0.2) is 0 Å². The first-order valence-electron chi connectivity index (χ1n) is 11.3. The van der Waals surface area contributed by atoms with Gasteiger partial charge in [-0.1, -0.05) is 71.9 Å². The topological polar surface area (TPSA) is 71.3 Å². The molecule has 1 saturated heterocycles. The van der Waals surface area contributed by atoms with Crippen LogP contribution in [0.2, 0.25) is 0 Å². The van der Waals surface area contributed by atoms with Crippen molar-refractivity contribution in [2.24, 2.45) is 5.92 Å². The molecule has 0 bridgehead atoms. The van der Waals surface area contributed by atoms with Crippen molar-refractivity contribution < 1.29 is 9.32 Å². The standard InChI is InChI=1S/C26H26N4O2S/c31-26(28-24(19-8-3-1-4-9-19)20-10-5-2-6-11-20)21-13-15-30(16-14-21)18-23-27-25(29-32-23)22-12-7-17-33-22/h1-12,17,21,24H,13-16,18H2,(H,28,31). The third-order valence-electron chi connectivity index (χ3n) is 6.08. The number of hydrogen-bond acceptors (Lipinski definition) is 6. The summed E-state index contributed by atoms with van der Waals surface area (Å²) in [6.45, 7) is 2.27. The summed E-state index contributed by atoms with van der Waals surface area (Å²) in [5.41, 5.74) is 2.18.